The maximum absolute atomic E-state index is 12.2. The first-order valence-electron chi connectivity index (χ1n) is 10.4. The number of hydrazone groups is 1. The number of carbonyl (C=O) groups excluding carboxylic acids is 3. The summed E-state index contributed by atoms with van der Waals surface area (Å²) >= 11 is 3.36. The van der Waals surface area contributed by atoms with Crippen molar-refractivity contribution in [1.82, 2.24) is 10.7 Å². The summed E-state index contributed by atoms with van der Waals surface area (Å²) in [7, 11) is 0. The fourth-order valence-corrected chi connectivity index (χ4v) is 3.26. The molecule has 0 radical (unpaired) electrons. The van der Waals surface area contributed by atoms with Crippen molar-refractivity contribution in [3.63, 3.8) is 0 Å². The number of benzene rings is 2. The van der Waals surface area contributed by atoms with Gasteiger partial charge in [-0.15, -0.1) is 0 Å². The summed E-state index contributed by atoms with van der Waals surface area (Å²) in [6, 6.07) is 15.8. The first-order valence-corrected chi connectivity index (χ1v) is 11.2. The zero-order valence-electron chi connectivity index (χ0n) is 18.3. The van der Waals surface area contributed by atoms with Crippen molar-refractivity contribution in [3.8, 4) is 5.75 Å². The molecule has 0 saturated carbocycles. The molecule has 0 aliphatic heterocycles. The van der Waals surface area contributed by atoms with Crippen LogP contribution in [0.3, 0.4) is 0 Å². The molecule has 0 spiro atoms. The minimum Gasteiger partial charge on any atom is -0.483 e. The zero-order valence-corrected chi connectivity index (χ0v) is 19.9. The van der Waals surface area contributed by atoms with Gasteiger partial charge in [0.1, 0.15) is 11.5 Å². The molecule has 3 N–H and O–H groups in total. The normalized spacial score (nSPS) is 10.6. The molecule has 10 heteroatoms. The fraction of sp³-hybridized carbons (Fsp3) is 0.167. The van der Waals surface area contributed by atoms with E-state index in [9.17, 15) is 14.4 Å². The first kappa shape index (κ1) is 24.7. The molecule has 9 nitrogen and oxygen atoms in total. The Morgan fingerprint density at radius 3 is 2.68 bits per heavy atom. The molecule has 3 rings (SSSR count). The third-order valence-electron chi connectivity index (χ3n) is 4.59. The van der Waals surface area contributed by atoms with E-state index in [0.29, 0.717) is 29.2 Å². The molecule has 1 aromatic heterocycles. The van der Waals surface area contributed by atoms with Crippen LogP contribution in [0.15, 0.2) is 74.9 Å². The standard InChI is InChI=1S/C24H23BrN4O5/c1-2-16-6-3-4-8-20(16)28-23(31)24(32)29-27-13-17-12-18(25)9-10-21(17)34-15-22(30)26-14-19-7-5-11-33-19/h3-13H,2,14-15H2,1H3,(H,26,30)(H,28,31)(H,29,32)/b27-13-. The minimum absolute atomic E-state index is 0.227. The number of ether oxygens (including phenoxy) is 1. The second kappa shape index (κ2) is 12.4. The van der Waals surface area contributed by atoms with Gasteiger partial charge in [0.2, 0.25) is 0 Å². The predicted octanol–water partition coefficient (Wildman–Crippen LogP) is 3.39. The summed E-state index contributed by atoms with van der Waals surface area (Å²) in [6.07, 6.45) is 3.56. The largest absolute Gasteiger partial charge is 0.483 e. The highest BCUT2D eigenvalue weighted by molar-refractivity contribution is 9.10. The van der Waals surface area contributed by atoms with Gasteiger partial charge in [0, 0.05) is 15.7 Å². The Hall–Kier alpha value is -3.92. The number of hydrogen-bond donors (Lipinski definition) is 3. The smallest absolute Gasteiger partial charge is 0.329 e. The van der Waals surface area contributed by atoms with E-state index in [0.717, 1.165) is 10.0 Å². The molecule has 0 saturated heterocycles. The fourth-order valence-electron chi connectivity index (χ4n) is 2.89. The van der Waals surface area contributed by atoms with Gasteiger partial charge in [-0.2, -0.15) is 5.10 Å². The van der Waals surface area contributed by atoms with Crippen LogP contribution in [-0.4, -0.2) is 30.5 Å². The van der Waals surface area contributed by atoms with Gasteiger partial charge in [-0.05, 0) is 48.4 Å². The molecule has 0 aliphatic carbocycles. The predicted molar refractivity (Wildman–Crippen MR) is 130 cm³/mol. The minimum atomic E-state index is -0.920. The number of halogens is 1. The topological polar surface area (TPSA) is 122 Å². The van der Waals surface area contributed by atoms with E-state index in [-0.39, 0.29) is 19.1 Å². The quantitative estimate of drug-likeness (QED) is 0.224. The first-order chi connectivity index (χ1) is 16.5. The molecule has 3 aromatic rings. The van der Waals surface area contributed by atoms with Crippen molar-refractivity contribution < 1.29 is 23.5 Å². The van der Waals surface area contributed by atoms with Crippen LogP contribution in [0, 0.1) is 0 Å². The van der Waals surface area contributed by atoms with Gasteiger partial charge in [-0.3, -0.25) is 14.4 Å². The number of nitrogens with zero attached hydrogens (tertiary/aromatic N) is 1. The number of aryl methyl sites for hydroxylation is 1. The number of rotatable bonds is 9. The Kier molecular flexibility index (Phi) is 8.98. The molecule has 0 atom stereocenters. The van der Waals surface area contributed by atoms with Gasteiger partial charge in [0.25, 0.3) is 5.91 Å². The summed E-state index contributed by atoms with van der Waals surface area (Å²) in [6.45, 7) is 1.98. The highest BCUT2D eigenvalue weighted by atomic mass is 79.9. The van der Waals surface area contributed by atoms with Crippen molar-refractivity contribution in [2.75, 3.05) is 11.9 Å². The zero-order chi connectivity index (χ0) is 24.3. The molecule has 176 valence electrons. The van der Waals surface area contributed by atoms with Gasteiger partial charge >= 0.3 is 11.8 Å². The summed E-state index contributed by atoms with van der Waals surface area (Å²) in [5.41, 5.74) is 4.17. The highest BCUT2D eigenvalue weighted by Gasteiger charge is 2.14. The van der Waals surface area contributed by atoms with Crippen molar-refractivity contribution in [3.05, 3.63) is 82.2 Å². The highest BCUT2D eigenvalue weighted by Crippen LogP contribution is 2.22. The lowest BCUT2D eigenvalue weighted by molar-refractivity contribution is -0.136. The van der Waals surface area contributed by atoms with E-state index in [1.165, 1.54) is 12.5 Å². The van der Waals surface area contributed by atoms with E-state index in [1.54, 1.807) is 42.5 Å². The van der Waals surface area contributed by atoms with Crippen molar-refractivity contribution >= 4 is 45.6 Å². The Bertz CT molecular complexity index is 1180. The van der Waals surface area contributed by atoms with E-state index < -0.39 is 11.8 Å². The molecule has 34 heavy (non-hydrogen) atoms. The molecular formula is C24H23BrN4O5. The number of hydrogen-bond acceptors (Lipinski definition) is 6. The maximum Gasteiger partial charge on any atom is 0.329 e. The Morgan fingerprint density at radius 2 is 1.91 bits per heavy atom. The Morgan fingerprint density at radius 1 is 1.09 bits per heavy atom. The molecular weight excluding hydrogens is 504 g/mol. The third-order valence-corrected chi connectivity index (χ3v) is 5.09. The van der Waals surface area contributed by atoms with Crippen LogP contribution in [0.5, 0.6) is 5.75 Å². The summed E-state index contributed by atoms with van der Waals surface area (Å²) in [5, 5.41) is 9.11. The average molecular weight is 527 g/mol. The van der Waals surface area contributed by atoms with Crippen LogP contribution in [0.4, 0.5) is 5.69 Å². The molecule has 0 unspecified atom stereocenters. The van der Waals surface area contributed by atoms with Gasteiger partial charge < -0.3 is 19.8 Å². The van der Waals surface area contributed by atoms with Crippen LogP contribution in [-0.2, 0) is 27.3 Å². The second-order valence-corrected chi connectivity index (χ2v) is 7.91. The lowest BCUT2D eigenvalue weighted by atomic mass is 10.1. The number of nitrogens with one attached hydrogen (secondary N) is 3. The van der Waals surface area contributed by atoms with Crippen LogP contribution in [0.2, 0.25) is 0 Å². The molecule has 3 amide bonds. The number of amides is 3. The summed E-state index contributed by atoms with van der Waals surface area (Å²) in [5.74, 6) is -1.09. The number of para-hydroxylation sites is 1. The Balaban J connectivity index is 1.55. The molecule has 0 fully saturated rings. The van der Waals surface area contributed by atoms with Crippen LogP contribution in [0.1, 0.15) is 23.8 Å². The average Bonchev–Trinajstić information content (AvgIpc) is 3.36. The Labute approximate surface area is 204 Å². The summed E-state index contributed by atoms with van der Waals surface area (Å²) in [4.78, 5) is 36.4. The number of anilines is 1. The van der Waals surface area contributed by atoms with E-state index in [2.05, 4.69) is 37.1 Å². The van der Waals surface area contributed by atoms with Gasteiger partial charge in [0.05, 0.1) is 19.0 Å². The monoisotopic (exact) mass is 526 g/mol. The van der Waals surface area contributed by atoms with E-state index in [4.69, 9.17) is 9.15 Å². The third kappa shape index (κ3) is 7.31. The number of carbonyl (C=O) groups is 3. The SMILES string of the molecule is CCc1ccccc1NC(=O)C(=O)N/N=C\c1cc(Br)ccc1OCC(=O)NCc1ccco1. The molecule has 0 bridgehead atoms. The van der Waals surface area contributed by atoms with Crippen LogP contribution < -0.4 is 20.8 Å². The molecule has 0 aliphatic rings. The van der Waals surface area contributed by atoms with Gasteiger partial charge in [-0.25, -0.2) is 5.43 Å². The van der Waals surface area contributed by atoms with Crippen LogP contribution in [0.25, 0.3) is 0 Å². The maximum atomic E-state index is 12.2. The van der Waals surface area contributed by atoms with Crippen molar-refractivity contribution in [2.24, 2.45) is 5.10 Å². The second-order valence-electron chi connectivity index (χ2n) is 6.99. The lowest BCUT2D eigenvalue weighted by Gasteiger charge is -2.10. The van der Waals surface area contributed by atoms with Crippen LogP contribution >= 0.6 is 15.9 Å². The van der Waals surface area contributed by atoms with E-state index >= 15 is 0 Å². The van der Waals surface area contributed by atoms with Gasteiger partial charge in [0.15, 0.2) is 6.61 Å². The number of furan rings is 1. The van der Waals surface area contributed by atoms with Gasteiger partial charge in [-0.1, -0.05) is 41.1 Å². The van der Waals surface area contributed by atoms with Crippen molar-refractivity contribution in [2.45, 2.75) is 19.9 Å². The molecule has 1 heterocycles. The summed E-state index contributed by atoms with van der Waals surface area (Å²) < 4.78 is 11.5. The molecule has 2 aromatic carbocycles. The van der Waals surface area contributed by atoms with E-state index in [1.807, 2.05) is 19.1 Å². The van der Waals surface area contributed by atoms with Crippen molar-refractivity contribution in [1.29, 1.82) is 0 Å². The lowest BCUT2D eigenvalue weighted by Crippen LogP contribution is -2.32.